The third-order valence-electron chi connectivity index (χ3n) is 4.12. The number of amides is 1. The Hall–Kier alpha value is -1.30. The fourth-order valence-corrected chi connectivity index (χ4v) is 3.01. The van der Waals surface area contributed by atoms with Gasteiger partial charge in [0.1, 0.15) is 5.54 Å². The zero-order valence-electron chi connectivity index (χ0n) is 11.2. The predicted octanol–water partition coefficient (Wildman–Crippen LogP) is 1.12. The number of ether oxygens (including phenoxy) is 1. The first kappa shape index (κ1) is 14.1. The molecular formula is C13H23N3O3. The molecule has 2 fully saturated rings. The molecule has 1 saturated carbocycles. The van der Waals surface area contributed by atoms with Crippen LogP contribution in [-0.4, -0.2) is 35.2 Å². The average molecular weight is 269 g/mol. The molecule has 6 heteroatoms. The summed E-state index contributed by atoms with van der Waals surface area (Å²) in [6.07, 6.45) is 6.94. The Bertz CT molecular complexity index is 345. The quantitative estimate of drug-likeness (QED) is 0.308. The van der Waals surface area contributed by atoms with Crippen molar-refractivity contribution in [1.82, 2.24) is 5.32 Å². The molecule has 19 heavy (non-hydrogen) atoms. The van der Waals surface area contributed by atoms with Gasteiger partial charge in [-0.1, -0.05) is 18.0 Å². The van der Waals surface area contributed by atoms with Crippen LogP contribution in [-0.2, 0) is 9.53 Å². The van der Waals surface area contributed by atoms with Crippen LogP contribution in [0, 0.1) is 0 Å². The number of nitrogens with two attached hydrogens (primary N) is 1. The summed E-state index contributed by atoms with van der Waals surface area (Å²) in [5.41, 5.74) is 5.10. The van der Waals surface area contributed by atoms with Gasteiger partial charge in [-0.25, -0.2) is 0 Å². The minimum Gasteiger partial charge on any atom is -0.409 e. The van der Waals surface area contributed by atoms with E-state index in [1.54, 1.807) is 0 Å². The number of rotatable bonds is 4. The maximum atomic E-state index is 12.1. The molecule has 1 saturated heterocycles. The van der Waals surface area contributed by atoms with E-state index in [0.29, 0.717) is 6.42 Å². The molecule has 0 radical (unpaired) electrons. The highest BCUT2D eigenvalue weighted by molar-refractivity contribution is 5.94. The second-order valence-corrected chi connectivity index (χ2v) is 5.52. The van der Waals surface area contributed by atoms with Crippen molar-refractivity contribution >= 4 is 11.7 Å². The van der Waals surface area contributed by atoms with Gasteiger partial charge in [0, 0.05) is 6.61 Å². The van der Waals surface area contributed by atoms with Gasteiger partial charge in [-0.15, -0.1) is 0 Å². The number of amidine groups is 1. The molecule has 1 aliphatic carbocycles. The van der Waals surface area contributed by atoms with Crippen molar-refractivity contribution in [2.75, 3.05) is 6.61 Å². The van der Waals surface area contributed by atoms with Crippen LogP contribution >= 0.6 is 0 Å². The van der Waals surface area contributed by atoms with E-state index in [1.165, 1.54) is 0 Å². The monoisotopic (exact) mass is 269 g/mol. The molecule has 0 spiro atoms. The second kappa shape index (κ2) is 6.23. The van der Waals surface area contributed by atoms with E-state index in [2.05, 4.69) is 10.5 Å². The van der Waals surface area contributed by atoms with Gasteiger partial charge in [0.15, 0.2) is 5.84 Å². The molecular weight excluding hydrogens is 246 g/mol. The van der Waals surface area contributed by atoms with Crippen molar-refractivity contribution in [1.29, 1.82) is 0 Å². The van der Waals surface area contributed by atoms with E-state index in [1.807, 2.05) is 0 Å². The van der Waals surface area contributed by atoms with Crippen molar-refractivity contribution < 1.29 is 14.7 Å². The lowest BCUT2D eigenvalue weighted by Crippen LogP contribution is -2.56. The van der Waals surface area contributed by atoms with Gasteiger partial charge in [0.25, 0.3) is 0 Å². The van der Waals surface area contributed by atoms with Crippen LogP contribution in [0.4, 0.5) is 0 Å². The topological polar surface area (TPSA) is 96.9 Å². The van der Waals surface area contributed by atoms with E-state index >= 15 is 0 Å². The number of nitrogens with zero attached hydrogens (tertiary/aromatic N) is 1. The maximum absolute atomic E-state index is 12.1. The third-order valence-corrected chi connectivity index (χ3v) is 4.12. The normalized spacial score (nSPS) is 27.2. The van der Waals surface area contributed by atoms with Gasteiger partial charge in [0.2, 0.25) is 5.91 Å². The highest BCUT2D eigenvalue weighted by Crippen LogP contribution is 2.30. The standard InChI is InChI=1S/C13H23N3O3/c14-12(16-18)13(6-2-3-7-13)15-11(17)9-10-5-1-4-8-19-10/h10,18H,1-9H2,(H2,14,16)(H,15,17). The van der Waals surface area contributed by atoms with E-state index in [9.17, 15) is 4.79 Å². The zero-order valence-corrected chi connectivity index (χ0v) is 11.2. The van der Waals surface area contributed by atoms with Crippen molar-refractivity contribution in [2.45, 2.75) is 63.0 Å². The van der Waals surface area contributed by atoms with E-state index in [-0.39, 0.29) is 17.8 Å². The largest absolute Gasteiger partial charge is 0.409 e. The highest BCUT2D eigenvalue weighted by atomic mass is 16.5. The summed E-state index contributed by atoms with van der Waals surface area (Å²) in [5.74, 6) is 0.0447. The molecule has 1 atom stereocenters. The number of carbonyl (C=O) groups is 1. The molecule has 108 valence electrons. The van der Waals surface area contributed by atoms with Crippen LogP contribution in [0.15, 0.2) is 5.16 Å². The predicted molar refractivity (Wildman–Crippen MR) is 71.0 cm³/mol. The Labute approximate surface area is 113 Å². The molecule has 6 nitrogen and oxygen atoms in total. The Morgan fingerprint density at radius 1 is 1.37 bits per heavy atom. The maximum Gasteiger partial charge on any atom is 0.223 e. The first-order chi connectivity index (χ1) is 9.16. The lowest BCUT2D eigenvalue weighted by atomic mass is 9.95. The number of hydrogen-bond donors (Lipinski definition) is 3. The average Bonchev–Trinajstić information content (AvgIpc) is 2.88. The molecule has 1 heterocycles. The fraction of sp³-hybridized carbons (Fsp3) is 0.846. The minimum absolute atomic E-state index is 0.0134. The SMILES string of the molecule is NC(=NO)C1(NC(=O)CC2CCCCO2)CCCC1. The molecule has 2 rings (SSSR count). The number of carbonyl (C=O) groups excluding carboxylic acids is 1. The van der Waals surface area contributed by atoms with Crippen LogP contribution in [0.25, 0.3) is 0 Å². The van der Waals surface area contributed by atoms with Gasteiger partial charge < -0.3 is 21.0 Å². The molecule has 0 aromatic heterocycles. The molecule has 1 unspecified atom stereocenters. The van der Waals surface area contributed by atoms with Gasteiger partial charge >= 0.3 is 0 Å². The van der Waals surface area contributed by atoms with Crippen molar-refractivity contribution in [3.05, 3.63) is 0 Å². The molecule has 2 aliphatic rings. The molecule has 1 amide bonds. The first-order valence-electron chi connectivity index (χ1n) is 7.07. The highest BCUT2D eigenvalue weighted by Gasteiger charge is 2.40. The van der Waals surface area contributed by atoms with Gasteiger partial charge in [0.05, 0.1) is 12.5 Å². The Balaban J connectivity index is 1.91. The lowest BCUT2D eigenvalue weighted by Gasteiger charge is -2.30. The summed E-state index contributed by atoms with van der Waals surface area (Å²) in [6, 6.07) is 0. The Kier molecular flexibility index (Phi) is 4.63. The smallest absolute Gasteiger partial charge is 0.223 e. The molecule has 4 N–H and O–H groups in total. The molecule has 0 aromatic carbocycles. The van der Waals surface area contributed by atoms with Crippen LogP contribution in [0.1, 0.15) is 51.4 Å². The Morgan fingerprint density at radius 2 is 2.11 bits per heavy atom. The van der Waals surface area contributed by atoms with Crippen molar-refractivity contribution in [2.24, 2.45) is 10.9 Å². The van der Waals surface area contributed by atoms with Crippen LogP contribution in [0.5, 0.6) is 0 Å². The zero-order chi connectivity index (χ0) is 13.7. The summed E-state index contributed by atoms with van der Waals surface area (Å²) in [4.78, 5) is 12.1. The van der Waals surface area contributed by atoms with Gasteiger partial charge in [-0.3, -0.25) is 4.79 Å². The summed E-state index contributed by atoms with van der Waals surface area (Å²) < 4.78 is 5.56. The summed E-state index contributed by atoms with van der Waals surface area (Å²) in [5, 5.41) is 14.9. The fourth-order valence-electron chi connectivity index (χ4n) is 3.01. The number of hydrogen-bond acceptors (Lipinski definition) is 4. The number of nitrogens with one attached hydrogen (secondary N) is 1. The Morgan fingerprint density at radius 3 is 2.68 bits per heavy atom. The van der Waals surface area contributed by atoms with Gasteiger partial charge in [-0.05, 0) is 32.1 Å². The second-order valence-electron chi connectivity index (χ2n) is 5.52. The third kappa shape index (κ3) is 3.37. The van der Waals surface area contributed by atoms with E-state index in [0.717, 1.165) is 51.6 Å². The summed E-state index contributed by atoms with van der Waals surface area (Å²) in [7, 11) is 0. The molecule has 0 bridgehead atoms. The van der Waals surface area contributed by atoms with Crippen LogP contribution in [0.2, 0.25) is 0 Å². The van der Waals surface area contributed by atoms with Gasteiger partial charge in [-0.2, -0.15) is 0 Å². The van der Waals surface area contributed by atoms with Crippen molar-refractivity contribution in [3.8, 4) is 0 Å². The summed E-state index contributed by atoms with van der Waals surface area (Å²) in [6.45, 7) is 0.739. The molecule has 0 aromatic rings. The van der Waals surface area contributed by atoms with Crippen LogP contribution in [0.3, 0.4) is 0 Å². The lowest BCUT2D eigenvalue weighted by molar-refractivity contribution is -0.126. The van der Waals surface area contributed by atoms with E-state index in [4.69, 9.17) is 15.7 Å². The van der Waals surface area contributed by atoms with Crippen LogP contribution < -0.4 is 11.1 Å². The van der Waals surface area contributed by atoms with Crippen molar-refractivity contribution in [3.63, 3.8) is 0 Å². The first-order valence-corrected chi connectivity index (χ1v) is 7.07. The molecule has 1 aliphatic heterocycles. The summed E-state index contributed by atoms with van der Waals surface area (Å²) >= 11 is 0. The minimum atomic E-state index is -0.652. The number of oxime groups is 1. The van der Waals surface area contributed by atoms with E-state index < -0.39 is 5.54 Å².